The number of hydrogen-bond donors (Lipinski definition) is 0. The molecule has 1 atom stereocenters. The van der Waals surface area contributed by atoms with Crippen molar-refractivity contribution in [1.82, 2.24) is 0 Å². The van der Waals surface area contributed by atoms with Crippen LogP contribution >= 0.6 is 0 Å². The number of hydrogen-bond acceptors (Lipinski definition) is 3. The van der Waals surface area contributed by atoms with E-state index >= 15 is 0 Å². The Morgan fingerprint density at radius 1 is 1.18 bits per heavy atom. The summed E-state index contributed by atoms with van der Waals surface area (Å²) in [6, 6.07) is 8.51. The zero-order valence-corrected chi connectivity index (χ0v) is 16.7. The monoisotopic (exact) mass is 334 g/mol. The largest absolute Gasteiger partial charge is 1.00 e. The van der Waals surface area contributed by atoms with Gasteiger partial charge in [0.1, 0.15) is 0 Å². The van der Waals surface area contributed by atoms with E-state index in [1.54, 1.807) is 24.3 Å². The maximum Gasteiger partial charge on any atom is 1.00 e. The molecule has 0 heterocycles. The van der Waals surface area contributed by atoms with Crippen LogP contribution in [0.1, 0.15) is 27.7 Å². The van der Waals surface area contributed by atoms with Crippen molar-refractivity contribution in [2.45, 2.75) is 50.7 Å². The first-order chi connectivity index (χ1) is 9.46. The summed E-state index contributed by atoms with van der Waals surface area (Å²) in [5, 5.41) is 0.130. The van der Waals surface area contributed by atoms with E-state index in [1.807, 2.05) is 13.0 Å². The zero-order chi connectivity index (χ0) is 16.3. The van der Waals surface area contributed by atoms with E-state index in [1.165, 1.54) is 5.75 Å². The Bertz CT molecular complexity index is 551. The maximum absolute atomic E-state index is 12.3. The molecule has 0 spiro atoms. The molecule has 0 aromatic heterocycles. The minimum absolute atomic E-state index is 0. The molecule has 0 aliphatic rings. The zero-order valence-electron chi connectivity index (χ0n) is 14.9. The number of benzene rings is 1. The topological polar surface area (TPSA) is 43.4 Å². The van der Waals surface area contributed by atoms with Crippen LogP contribution in [0.15, 0.2) is 35.2 Å². The second-order valence-electron chi connectivity index (χ2n) is 7.04. The molecule has 0 amide bonds. The second-order valence-corrected chi connectivity index (χ2v) is 13.7. The summed E-state index contributed by atoms with van der Waals surface area (Å²) in [5.41, 5.74) is 0. The van der Waals surface area contributed by atoms with E-state index in [0.717, 1.165) is 0 Å². The van der Waals surface area contributed by atoms with Crippen molar-refractivity contribution in [3.8, 4) is 0 Å². The molecule has 0 radical (unpaired) electrons. The van der Waals surface area contributed by atoms with E-state index in [4.69, 9.17) is 4.43 Å². The van der Waals surface area contributed by atoms with Gasteiger partial charge in [0.05, 0.1) is 9.84 Å². The molecule has 0 aliphatic heterocycles. The predicted octanol–water partition coefficient (Wildman–Crippen LogP) is 1.28. The number of sulfone groups is 1. The van der Waals surface area contributed by atoms with Gasteiger partial charge >= 0.3 is 18.9 Å². The molecule has 1 aromatic carbocycles. The van der Waals surface area contributed by atoms with Crippen LogP contribution in [0, 0.1) is 11.7 Å². The second kappa shape index (κ2) is 8.16. The van der Waals surface area contributed by atoms with Gasteiger partial charge in [-0.2, -0.15) is 5.75 Å². The Kier molecular flexibility index (Phi) is 8.14. The molecule has 1 aromatic rings. The Hall–Kier alpha value is -0.0557. The third kappa shape index (κ3) is 6.21. The smallest absolute Gasteiger partial charge is 0.419 e. The van der Waals surface area contributed by atoms with Crippen LogP contribution in [0.25, 0.3) is 0 Å². The third-order valence-corrected chi connectivity index (χ3v) is 10.2. The van der Waals surface area contributed by atoms with Crippen LogP contribution in [0.2, 0.25) is 18.1 Å². The van der Waals surface area contributed by atoms with Gasteiger partial charge in [0, 0.05) is 11.5 Å². The molecule has 3 nitrogen and oxygen atoms in total. The first kappa shape index (κ1) is 21.9. The fourth-order valence-electron chi connectivity index (χ4n) is 1.59. The molecule has 0 bridgehead atoms. The van der Waals surface area contributed by atoms with Gasteiger partial charge in [0.15, 0.2) is 8.32 Å². The van der Waals surface area contributed by atoms with Crippen LogP contribution in [0.5, 0.6) is 0 Å². The van der Waals surface area contributed by atoms with E-state index in [9.17, 15) is 8.42 Å². The SMILES string of the molecule is C[C@@H]([CH-]S(=O)(=O)c1ccccc1)CO[Si](C)(C)C(C)(C)C.[Li+]. The Morgan fingerprint density at radius 2 is 1.68 bits per heavy atom. The van der Waals surface area contributed by atoms with Gasteiger partial charge in [-0.3, -0.25) is 8.42 Å². The van der Waals surface area contributed by atoms with E-state index in [0.29, 0.717) is 11.5 Å². The van der Waals surface area contributed by atoms with Crippen LogP contribution in [-0.2, 0) is 14.3 Å². The molecule has 0 saturated carbocycles. The minimum atomic E-state index is -3.35. The molecular weight excluding hydrogens is 307 g/mol. The molecule has 0 aliphatic carbocycles. The van der Waals surface area contributed by atoms with E-state index < -0.39 is 18.2 Å². The normalized spacial score (nSPS) is 14.3. The molecule has 1 rings (SSSR count). The Morgan fingerprint density at radius 3 is 2.14 bits per heavy atom. The van der Waals surface area contributed by atoms with Crippen molar-refractivity contribution in [2.75, 3.05) is 6.61 Å². The molecule has 120 valence electrons. The van der Waals surface area contributed by atoms with Crippen LogP contribution in [0.4, 0.5) is 0 Å². The predicted molar refractivity (Wildman–Crippen MR) is 90.2 cm³/mol. The number of rotatable bonds is 6. The summed E-state index contributed by atoms with van der Waals surface area (Å²) in [6.45, 7) is 13.2. The summed E-state index contributed by atoms with van der Waals surface area (Å²) < 4.78 is 30.6. The summed E-state index contributed by atoms with van der Waals surface area (Å²) in [4.78, 5) is 0.337. The van der Waals surface area contributed by atoms with Crippen molar-refractivity contribution in [3.05, 3.63) is 36.1 Å². The van der Waals surface area contributed by atoms with Crippen molar-refractivity contribution in [3.63, 3.8) is 0 Å². The summed E-state index contributed by atoms with van der Waals surface area (Å²) in [5.74, 6) is 1.26. The van der Waals surface area contributed by atoms with Gasteiger partial charge < -0.3 is 4.43 Å². The van der Waals surface area contributed by atoms with Gasteiger partial charge in [0.25, 0.3) is 0 Å². The van der Waals surface area contributed by atoms with Gasteiger partial charge in [-0.05, 0) is 30.3 Å². The maximum atomic E-state index is 12.3. The molecule has 0 N–H and O–H groups in total. The average Bonchev–Trinajstić information content (AvgIpc) is 2.36. The summed E-state index contributed by atoms with van der Waals surface area (Å²) in [7, 11) is -5.19. The average molecular weight is 334 g/mol. The van der Waals surface area contributed by atoms with E-state index in [2.05, 4.69) is 33.9 Å². The fourth-order valence-corrected chi connectivity index (χ4v) is 4.09. The fraction of sp³-hybridized carbons (Fsp3) is 0.562. The molecule has 0 unspecified atom stereocenters. The molecule has 0 saturated heterocycles. The van der Waals surface area contributed by atoms with Crippen LogP contribution < -0.4 is 18.9 Å². The van der Waals surface area contributed by atoms with Gasteiger partial charge in [-0.25, -0.2) is 0 Å². The Labute approximate surface area is 149 Å². The van der Waals surface area contributed by atoms with Gasteiger partial charge in [-0.1, -0.05) is 45.9 Å². The molecule has 6 heteroatoms. The van der Waals surface area contributed by atoms with Crippen LogP contribution in [0.3, 0.4) is 0 Å². The minimum Gasteiger partial charge on any atom is -0.419 e. The van der Waals surface area contributed by atoms with Crippen LogP contribution in [-0.4, -0.2) is 23.3 Å². The molecular formula is C16H27LiO3SSi. The summed E-state index contributed by atoms with van der Waals surface area (Å²) in [6.07, 6.45) is 0. The van der Waals surface area contributed by atoms with Crippen molar-refractivity contribution >= 4 is 18.2 Å². The first-order valence-corrected chi connectivity index (χ1v) is 11.7. The van der Waals surface area contributed by atoms with Crippen molar-refractivity contribution in [2.24, 2.45) is 5.92 Å². The van der Waals surface area contributed by atoms with Gasteiger partial charge in [-0.15, -0.1) is 5.92 Å². The third-order valence-electron chi connectivity index (χ3n) is 4.00. The van der Waals surface area contributed by atoms with E-state index in [-0.39, 0.29) is 29.8 Å². The molecule has 0 fully saturated rings. The van der Waals surface area contributed by atoms with Gasteiger partial charge in [0.2, 0.25) is 0 Å². The summed E-state index contributed by atoms with van der Waals surface area (Å²) >= 11 is 0. The standard InChI is InChI=1S/C16H27O3SSi.Li/c1-14(12-19-21(5,6)16(2,3)4)13-20(17,18)15-10-8-7-9-11-15;/h7-11,13-14H,12H2,1-6H3;/q-1;+1/t14-;/m1./s1. The molecule has 22 heavy (non-hydrogen) atoms. The Balaban J connectivity index is 0.00000441. The quantitative estimate of drug-likeness (QED) is 0.581. The first-order valence-electron chi connectivity index (χ1n) is 7.25. The van der Waals surface area contributed by atoms with Crippen molar-refractivity contribution in [1.29, 1.82) is 0 Å². The van der Waals surface area contributed by atoms with Crippen molar-refractivity contribution < 1.29 is 31.7 Å².